The zero-order valence-corrected chi connectivity index (χ0v) is 11.5. The average Bonchev–Trinajstić information content (AvgIpc) is 2.37. The smallest absolute Gasteiger partial charge is 0.416 e. The number of halogens is 3. The lowest BCUT2D eigenvalue weighted by Crippen LogP contribution is -2.24. The maximum atomic E-state index is 12.8. The number of alkyl halides is 3. The minimum Gasteiger partial charge on any atom is -0.490 e. The Balaban J connectivity index is 2.13. The highest BCUT2D eigenvalue weighted by atomic mass is 19.4. The molecular weight excluding hydrogens is 267 g/mol. The monoisotopic (exact) mass is 287 g/mol. The first-order chi connectivity index (χ1) is 9.40. The summed E-state index contributed by atoms with van der Waals surface area (Å²) in [5.74, 6) is 1.09. The summed E-state index contributed by atoms with van der Waals surface area (Å²) in [5, 5.41) is 0. The van der Waals surface area contributed by atoms with Crippen LogP contribution in [0.4, 0.5) is 13.2 Å². The summed E-state index contributed by atoms with van der Waals surface area (Å²) >= 11 is 0. The topological polar surface area (TPSA) is 35.2 Å². The van der Waals surface area contributed by atoms with E-state index in [1.54, 1.807) is 0 Å². The van der Waals surface area contributed by atoms with Crippen molar-refractivity contribution in [1.29, 1.82) is 0 Å². The number of rotatable bonds is 3. The van der Waals surface area contributed by atoms with Crippen LogP contribution in [0, 0.1) is 5.92 Å². The standard InChI is InChI=1S/C15H20F3NO/c1-10-3-2-4-12(7-10)20-13-5-6-14(15(16,17)18)11(8-13)9-19/h5-6,8,10,12H,2-4,7,9,19H2,1H3. The van der Waals surface area contributed by atoms with Crippen LogP contribution < -0.4 is 10.5 Å². The van der Waals surface area contributed by atoms with Crippen molar-refractivity contribution in [2.45, 2.75) is 51.4 Å². The van der Waals surface area contributed by atoms with Gasteiger partial charge in [-0.3, -0.25) is 0 Å². The Labute approximate surface area is 117 Å². The van der Waals surface area contributed by atoms with Crippen LogP contribution in [0.1, 0.15) is 43.7 Å². The van der Waals surface area contributed by atoms with Gasteiger partial charge in [0.1, 0.15) is 5.75 Å². The first-order valence-electron chi connectivity index (χ1n) is 6.97. The summed E-state index contributed by atoms with van der Waals surface area (Å²) in [6.07, 6.45) is -0.0486. The Hall–Kier alpha value is -1.23. The lowest BCUT2D eigenvalue weighted by atomic mass is 9.88. The number of nitrogens with two attached hydrogens (primary N) is 1. The van der Waals surface area contributed by atoms with Crippen LogP contribution in [-0.4, -0.2) is 6.10 Å². The molecule has 2 N–H and O–H groups in total. The fourth-order valence-electron chi connectivity index (χ4n) is 2.77. The van der Waals surface area contributed by atoms with Gasteiger partial charge in [-0.15, -0.1) is 0 Å². The number of hydrogen-bond acceptors (Lipinski definition) is 2. The molecule has 0 aromatic heterocycles. The van der Waals surface area contributed by atoms with Crippen molar-refractivity contribution in [1.82, 2.24) is 0 Å². The summed E-state index contributed by atoms with van der Waals surface area (Å²) in [6, 6.07) is 3.87. The van der Waals surface area contributed by atoms with E-state index in [-0.39, 0.29) is 18.2 Å². The van der Waals surface area contributed by atoms with Crippen molar-refractivity contribution >= 4 is 0 Å². The molecule has 1 aromatic rings. The van der Waals surface area contributed by atoms with Crippen LogP contribution in [0.25, 0.3) is 0 Å². The van der Waals surface area contributed by atoms with Crippen molar-refractivity contribution in [3.05, 3.63) is 29.3 Å². The van der Waals surface area contributed by atoms with Crippen molar-refractivity contribution in [2.75, 3.05) is 0 Å². The van der Waals surface area contributed by atoms with Gasteiger partial charge in [-0.05, 0) is 48.9 Å². The van der Waals surface area contributed by atoms with Crippen LogP contribution >= 0.6 is 0 Å². The molecule has 1 saturated carbocycles. The third-order valence-corrected chi connectivity index (χ3v) is 3.79. The van der Waals surface area contributed by atoms with Gasteiger partial charge in [0, 0.05) is 6.54 Å². The number of hydrogen-bond donors (Lipinski definition) is 1. The second-order valence-electron chi connectivity index (χ2n) is 5.53. The van der Waals surface area contributed by atoms with Crippen molar-refractivity contribution in [3.63, 3.8) is 0 Å². The van der Waals surface area contributed by atoms with Gasteiger partial charge in [0.15, 0.2) is 0 Å². The van der Waals surface area contributed by atoms with Gasteiger partial charge in [-0.25, -0.2) is 0 Å². The molecule has 0 saturated heterocycles. The van der Waals surface area contributed by atoms with E-state index in [0.717, 1.165) is 25.3 Å². The minimum absolute atomic E-state index is 0.0823. The molecule has 0 heterocycles. The molecule has 2 atom stereocenters. The summed E-state index contributed by atoms with van der Waals surface area (Å²) in [7, 11) is 0. The van der Waals surface area contributed by atoms with E-state index < -0.39 is 11.7 Å². The molecule has 2 rings (SSSR count). The van der Waals surface area contributed by atoms with E-state index in [9.17, 15) is 13.2 Å². The van der Waals surface area contributed by atoms with Crippen molar-refractivity contribution in [2.24, 2.45) is 11.7 Å². The minimum atomic E-state index is -4.37. The van der Waals surface area contributed by atoms with E-state index >= 15 is 0 Å². The molecule has 20 heavy (non-hydrogen) atoms. The maximum absolute atomic E-state index is 12.8. The van der Waals surface area contributed by atoms with Gasteiger partial charge in [0.05, 0.1) is 11.7 Å². The molecule has 1 aliphatic carbocycles. The van der Waals surface area contributed by atoms with Gasteiger partial charge in [-0.1, -0.05) is 13.3 Å². The molecule has 5 heteroatoms. The van der Waals surface area contributed by atoms with Gasteiger partial charge in [0.2, 0.25) is 0 Å². The molecule has 1 aliphatic rings. The van der Waals surface area contributed by atoms with Gasteiger partial charge >= 0.3 is 6.18 Å². The maximum Gasteiger partial charge on any atom is 0.416 e. The molecule has 0 aliphatic heterocycles. The molecule has 1 aromatic carbocycles. The Morgan fingerprint density at radius 2 is 2.05 bits per heavy atom. The summed E-state index contributed by atoms with van der Waals surface area (Å²) in [6.45, 7) is 2.03. The van der Waals surface area contributed by atoms with Crippen LogP contribution in [0.2, 0.25) is 0 Å². The molecule has 0 radical (unpaired) electrons. The third-order valence-electron chi connectivity index (χ3n) is 3.79. The normalized spacial score (nSPS) is 23.6. The molecule has 112 valence electrons. The fourth-order valence-corrected chi connectivity index (χ4v) is 2.77. The molecule has 0 bridgehead atoms. The Bertz CT molecular complexity index is 459. The second-order valence-corrected chi connectivity index (χ2v) is 5.53. The van der Waals surface area contributed by atoms with Crippen LogP contribution in [-0.2, 0) is 12.7 Å². The number of benzene rings is 1. The Kier molecular flexibility index (Phi) is 4.58. The molecule has 0 spiro atoms. The van der Waals surface area contributed by atoms with Crippen molar-refractivity contribution in [3.8, 4) is 5.75 Å². The van der Waals surface area contributed by atoms with Gasteiger partial charge < -0.3 is 10.5 Å². The van der Waals surface area contributed by atoms with Crippen LogP contribution in [0.5, 0.6) is 5.75 Å². The second kappa shape index (κ2) is 6.04. The van der Waals surface area contributed by atoms with Gasteiger partial charge in [0.25, 0.3) is 0 Å². The molecule has 1 fully saturated rings. The molecule has 2 unspecified atom stereocenters. The van der Waals surface area contributed by atoms with Crippen molar-refractivity contribution < 1.29 is 17.9 Å². The first kappa shape index (κ1) is 15.2. The fraction of sp³-hybridized carbons (Fsp3) is 0.600. The highest BCUT2D eigenvalue weighted by molar-refractivity contribution is 5.37. The van der Waals surface area contributed by atoms with Crippen LogP contribution in [0.3, 0.4) is 0 Å². The predicted octanol–water partition coefficient (Wildman–Crippen LogP) is 4.12. The number of ether oxygens (including phenoxy) is 1. The lowest BCUT2D eigenvalue weighted by Gasteiger charge is -2.27. The average molecular weight is 287 g/mol. The highest BCUT2D eigenvalue weighted by Crippen LogP contribution is 2.34. The van der Waals surface area contributed by atoms with E-state index in [4.69, 9.17) is 10.5 Å². The van der Waals surface area contributed by atoms with E-state index in [1.165, 1.54) is 18.6 Å². The molecule has 2 nitrogen and oxygen atoms in total. The Morgan fingerprint density at radius 3 is 2.65 bits per heavy atom. The van der Waals surface area contributed by atoms with Gasteiger partial charge in [-0.2, -0.15) is 13.2 Å². The zero-order chi connectivity index (χ0) is 14.8. The van der Waals surface area contributed by atoms with E-state index in [0.29, 0.717) is 11.7 Å². The summed E-state index contributed by atoms with van der Waals surface area (Å²) < 4.78 is 44.2. The van der Waals surface area contributed by atoms with E-state index in [2.05, 4.69) is 6.92 Å². The zero-order valence-electron chi connectivity index (χ0n) is 11.5. The lowest BCUT2D eigenvalue weighted by molar-refractivity contribution is -0.138. The first-order valence-corrected chi connectivity index (χ1v) is 6.97. The van der Waals surface area contributed by atoms with Crippen LogP contribution in [0.15, 0.2) is 18.2 Å². The molecule has 0 amide bonds. The summed E-state index contributed by atoms with van der Waals surface area (Å²) in [4.78, 5) is 0. The SMILES string of the molecule is CC1CCCC(Oc2ccc(C(F)(F)F)c(CN)c2)C1. The quantitative estimate of drug-likeness (QED) is 0.907. The summed E-state index contributed by atoms with van der Waals surface area (Å²) in [5.41, 5.74) is 4.82. The third kappa shape index (κ3) is 3.66. The Morgan fingerprint density at radius 1 is 1.30 bits per heavy atom. The largest absolute Gasteiger partial charge is 0.490 e. The van der Waals surface area contributed by atoms with E-state index in [1.807, 2.05) is 0 Å². The highest BCUT2D eigenvalue weighted by Gasteiger charge is 2.33. The molecular formula is C15H20F3NO. The predicted molar refractivity (Wildman–Crippen MR) is 71.4 cm³/mol.